The molecule has 1 aliphatic rings. The highest BCUT2D eigenvalue weighted by molar-refractivity contribution is 5.91. The van der Waals surface area contributed by atoms with E-state index in [1.54, 1.807) is 24.3 Å². The molecule has 2 atom stereocenters. The Hall–Kier alpha value is -3.33. The molecule has 132 valence electrons. The van der Waals surface area contributed by atoms with E-state index in [1.165, 1.54) is 0 Å². The summed E-state index contributed by atoms with van der Waals surface area (Å²) in [7, 11) is 0. The fraction of sp³-hybridized carbons (Fsp3) is 0.250. The summed E-state index contributed by atoms with van der Waals surface area (Å²) in [5, 5.41) is 14.6. The molecular weight excluding hydrogens is 330 g/mol. The highest BCUT2D eigenvalue weighted by atomic mass is 16.5. The summed E-state index contributed by atoms with van der Waals surface area (Å²) in [4.78, 5) is 23.4. The Morgan fingerprint density at radius 3 is 2.58 bits per heavy atom. The lowest BCUT2D eigenvalue weighted by Crippen LogP contribution is -2.42. The number of amides is 2. The molecule has 2 amide bonds. The molecule has 2 N–H and O–H groups in total. The third-order valence-corrected chi connectivity index (χ3v) is 4.19. The standard InChI is InChI=1S/C20H19N3O3/c21-12-18(23-20(25)17-10-11-19(24)22-17)15-6-8-16(9-7-15)26-13-14-4-2-1-3-5-14/h1-9,17-18H,10-11,13H2,(H,22,24)(H,23,25)/t17-,18+/m1/s1. The van der Waals surface area contributed by atoms with E-state index in [2.05, 4.69) is 16.7 Å². The minimum absolute atomic E-state index is 0.140. The van der Waals surface area contributed by atoms with Crippen molar-refractivity contribution in [3.8, 4) is 11.8 Å². The summed E-state index contributed by atoms with van der Waals surface area (Å²) in [6, 6.07) is 17.6. The van der Waals surface area contributed by atoms with Crippen molar-refractivity contribution < 1.29 is 14.3 Å². The van der Waals surface area contributed by atoms with Crippen molar-refractivity contribution in [1.29, 1.82) is 5.26 Å². The Balaban J connectivity index is 1.58. The second-order valence-corrected chi connectivity index (χ2v) is 6.07. The van der Waals surface area contributed by atoms with Gasteiger partial charge in [-0.2, -0.15) is 5.26 Å². The summed E-state index contributed by atoms with van der Waals surface area (Å²) < 4.78 is 5.72. The van der Waals surface area contributed by atoms with Crippen LogP contribution in [0.2, 0.25) is 0 Å². The molecule has 1 saturated heterocycles. The third kappa shape index (κ3) is 4.39. The van der Waals surface area contributed by atoms with Crippen molar-refractivity contribution in [3.05, 3.63) is 65.7 Å². The average Bonchev–Trinajstić information content (AvgIpc) is 3.12. The van der Waals surface area contributed by atoms with Gasteiger partial charge in [-0.3, -0.25) is 9.59 Å². The predicted molar refractivity (Wildman–Crippen MR) is 94.9 cm³/mol. The van der Waals surface area contributed by atoms with E-state index >= 15 is 0 Å². The van der Waals surface area contributed by atoms with E-state index in [0.717, 1.165) is 5.56 Å². The van der Waals surface area contributed by atoms with Crippen LogP contribution in [-0.4, -0.2) is 17.9 Å². The number of nitrogens with one attached hydrogen (secondary N) is 2. The van der Waals surface area contributed by atoms with E-state index in [0.29, 0.717) is 30.8 Å². The van der Waals surface area contributed by atoms with Crippen LogP contribution < -0.4 is 15.4 Å². The first-order valence-electron chi connectivity index (χ1n) is 8.42. The third-order valence-electron chi connectivity index (χ3n) is 4.19. The number of hydrogen-bond donors (Lipinski definition) is 2. The number of benzene rings is 2. The SMILES string of the molecule is N#C[C@H](NC(=O)[C@H]1CCC(=O)N1)c1ccc(OCc2ccccc2)cc1. The zero-order valence-electron chi connectivity index (χ0n) is 14.1. The first-order valence-corrected chi connectivity index (χ1v) is 8.42. The van der Waals surface area contributed by atoms with Crippen molar-refractivity contribution in [2.24, 2.45) is 0 Å². The topological polar surface area (TPSA) is 91.2 Å². The first-order chi connectivity index (χ1) is 12.7. The van der Waals surface area contributed by atoms with E-state index in [1.807, 2.05) is 30.3 Å². The van der Waals surface area contributed by atoms with Gasteiger partial charge in [0.05, 0.1) is 6.07 Å². The Morgan fingerprint density at radius 2 is 1.96 bits per heavy atom. The molecule has 0 unspecified atom stereocenters. The van der Waals surface area contributed by atoms with Gasteiger partial charge in [-0.15, -0.1) is 0 Å². The van der Waals surface area contributed by atoms with Gasteiger partial charge >= 0.3 is 0 Å². The summed E-state index contributed by atoms with van der Waals surface area (Å²) in [5.41, 5.74) is 1.73. The van der Waals surface area contributed by atoms with E-state index in [-0.39, 0.29) is 11.8 Å². The summed E-state index contributed by atoms with van der Waals surface area (Å²) in [6.07, 6.45) is 0.790. The van der Waals surface area contributed by atoms with Crippen LogP contribution >= 0.6 is 0 Å². The highest BCUT2D eigenvalue weighted by Gasteiger charge is 2.28. The molecule has 2 aromatic carbocycles. The molecule has 0 aliphatic carbocycles. The van der Waals surface area contributed by atoms with Crippen molar-refractivity contribution in [2.45, 2.75) is 31.5 Å². The van der Waals surface area contributed by atoms with E-state index in [4.69, 9.17) is 4.74 Å². The van der Waals surface area contributed by atoms with Crippen molar-refractivity contribution >= 4 is 11.8 Å². The number of rotatable bonds is 6. The molecule has 0 spiro atoms. The largest absolute Gasteiger partial charge is 0.489 e. The van der Waals surface area contributed by atoms with Gasteiger partial charge < -0.3 is 15.4 Å². The van der Waals surface area contributed by atoms with Crippen LogP contribution in [0.1, 0.15) is 30.0 Å². The molecular formula is C20H19N3O3. The molecule has 6 nitrogen and oxygen atoms in total. The van der Waals surface area contributed by atoms with E-state index < -0.39 is 12.1 Å². The normalized spacial score (nSPS) is 17.0. The molecule has 0 bridgehead atoms. The molecule has 3 rings (SSSR count). The van der Waals surface area contributed by atoms with Crippen LogP contribution in [-0.2, 0) is 16.2 Å². The van der Waals surface area contributed by atoms with Gasteiger partial charge in [0.2, 0.25) is 11.8 Å². The van der Waals surface area contributed by atoms with Crippen LogP contribution in [0.15, 0.2) is 54.6 Å². The van der Waals surface area contributed by atoms with Gasteiger partial charge in [0.1, 0.15) is 24.4 Å². The molecule has 6 heteroatoms. The molecule has 1 fully saturated rings. The predicted octanol–water partition coefficient (Wildman–Crippen LogP) is 2.23. The molecule has 26 heavy (non-hydrogen) atoms. The number of carbonyl (C=O) groups is 2. The van der Waals surface area contributed by atoms with Crippen molar-refractivity contribution in [3.63, 3.8) is 0 Å². The van der Waals surface area contributed by atoms with Crippen molar-refractivity contribution in [2.75, 3.05) is 0 Å². The van der Waals surface area contributed by atoms with Gasteiger partial charge in [-0.25, -0.2) is 0 Å². The Morgan fingerprint density at radius 1 is 1.23 bits per heavy atom. The first kappa shape index (κ1) is 17.5. The zero-order valence-corrected chi connectivity index (χ0v) is 14.1. The smallest absolute Gasteiger partial charge is 0.243 e. The Labute approximate surface area is 151 Å². The van der Waals surface area contributed by atoms with Crippen LogP contribution in [0, 0.1) is 11.3 Å². The number of ether oxygens (including phenoxy) is 1. The lowest BCUT2D eigenvalue weighted by molar-refractivity contribution is -0.126. The van der Waals surface area contributed by atoms with E-state index in [9.17, 15) is 14.9 Å². The highest BCUT2D eigenvalue weighted by Crippen LogP contribution is 2.19. The minimum Gasteiger partial charge on any atom is -0.489 e. The maximum atomic E-state index is 12.2. The lowest BCUT2D eigenvalue weighted by Gasteiger charge is -2.16. The zero-order chi connectivity index (χ0) is 18.4. The van der Waals surface area contributed by atoms with Crippen LogP contribution in [0.25, 0.3) is 0 Å². The van der Waals surface area contributed by atoms with Crippen LogP contribution in [0.5, 0.6) is 5.75 Å². The Bertz CT molecular complexity index is 812. The van der Waals surface area contributed by atoms with Crippen LogP contribution in [0.3, 0.4) is 0 Å². The number of hydrogen-bond acceptors (Lipinski definition) is 4. The minimum atomic E-state index is -0.775. The fourth-order valence-corrected chi connectivity index (χ4v) is 2.74. The van der Waals surface area contributed by atoms with Gasteiger partial charge in [0.15, 0.2) is 0 Å². The number of carbonyl (C=O) groups excluding carboxylic acids is 2. The van der Waals surface area contributed by atoms with Gasteiger partial charge in [0, 0.05) is 6.42 Å². The quantitative estimate of drug-likeness (QED) is 0.836. The lowest BCUT2D eigenvalue weighted by atomic mass is 10.1. The number of nitriles is 1. The van der Waals surface area contributed by atoms with Crippen molar-refractivity contribution in [1.82, 2.24) is 10.6 Å². The second-order valence-electron chi connectivity index (χ2n) is 6.07. The summed E-state index contributed by atoms with van der Waals surface area (Å²) in [5.74, 6) is 0.203. The van der Waals surface area contributed by atoms with Crippen LogP contribution in [0.4, 0.5) is 0 Å². The van der Waals surface area contributed by atoms with Gasteiger partial charge in [-0.1, -0.05) is 42.5 Å². The van der Waals surface area contributed by atoms with Gasteiger partial charge in [-0.05, 0) is 29.7 Å². The van der Waals surface area contributed by atoms with Gasteiger partial charge in [0.25, 0.3) is 0 Å². The monoisotopic (exact) mass is 349 g/mol. The molecule has 0 saturated carbocycles. The molecule has 2 aromatic rings. The average molecular weight is 349 g/mol. The second kappa shape index (κ2) is 8.17. The molecule has 0 aromatic heterocycles. The summed E-state index contributed by atoms with van der Waals surface area (Å²) in [6.45, 7) is 0.458. The fourth-order valence-electron chi connectivity index (χ4n) is 2.74. The Kier molecular flexibility index (Phi) is 5.49. The maximum absolute atomic E-state index is 12.2. The summed E-state index contributed by atoms with van der Waals surface area (Å²) >= 11 is 0. The molecule has 0 radical (unpaired) electrons. The molecule has 1 heterocycles. The maximum Gasteiger partial charge on any atom is 0.243 e. The number of nitrogens with zero attached hydrogens (tertiary/aromatic N) is 1. The molecule has 1 aliphatic heterocycles.